The van der Waals surface area contributed by atoms with Crippen LogP contribution in [0.15, 0.2) is 145 Å². The molecular formula is C46H36N2. The van der Waals surface area contributed by atoms with Crippen molar-refractivity contribution in [3.05, 3.63) is 162 Å². The molecule has 230 valence electrons. The van der Waals surface area contributed by atoms with Crippen molar-refractivity contribution in [1.29, 1.82) is 0 Å². The summed E-state index contributed by atoms with van der Waals surface area (Å²) in [6.45, 7) is 7.17. The number of hydrogen-bond donors (Lipinski definition) is 0. The number of benzene rings is 7. The molecule has 7 aromatic carbocycles. The molecule has 1 aromatic heterocycles. The van der Waals surface area contributed by atoms with Gasteiger partial charge in [0.2, 0.25) is 0 Å². The normalized spacial score (nSPS) is 17.9. The minimum Gasteiger partial charge on any atom is -0.297 e. The molecule has 8 aromatic rings. The molecule has 0 radical (unpaired) electrons. The van der Waals surface area contributed by atoms with E-state index in [-0.39, 0.29) is 17.3 Å². The van der Waals surface area contributed by atoms with Gasteiger partial charge in [0.25, 0.3) is 0 Å². The lowest BCUT2D eigenvalue weighted by Gasteiger charge is -2.34. The molecule has 2 atom stereocenters. The molecule has 0 saturated heterocycles. The van der Waals surface area contributed by atoms with Crippen LogP contribution in [-0.2, 0) is 5.41 Å². The first kappa shape index (κ1) is 27.6. The summed E-state index contributed by atoms with van der Waals surface area (Å²) in [5.74, 6) is 1.57. The molecular weight excluding hydrogens is 581 g/mol. The number of aromatic nitrogens is 1. The van der Waals surface area contributed by atoms with Crippen LogP contribution in [0, 0.1) is 5.92 Å². The molecule has 1 aliphatic carbocycles. The summed E-state index contributed by atoms with van der Waals surface area (Å²) in [6, 6.07) is 51.8. The summed E-state index contributed by atoms with van der Waals surface area (Å²) in [5.41, 5.74) is 11.6. The number of hydrogen-bond acceptors (Lipinski definition) is 1. The maximum atomic E-state index is 5.55. The zero-order valence-corrected chi connectivity index (χ0v) is 27.5. The van der Waals surface area contributed by atoms with E-state index >= 15 is 0 Å². The van der Waals surface area contributed by atoms with Gasteiger partial charge in [-0.1, -0.05) is 136 Å². The Morgan fingerprint density at radius 3 is 2.00 bits per heavy atom. The number of nitrogens with zero attached hydrogens (tertiary/aromatic N) is 2. The van der Waals surface area contributed by atoms with Crippen molar-refractivity contribution in [2.45, 2.75) is 38.5 Å². The predicted molar refractivity (Wildman–Crippen MR) is 203 cm³/mol. The highest BCUT2D eigenvalue weighted by Crippen LogP contribution is 2.56. The standard InChI is InChI=1S/C46H36N2/c1-4-29-42(28-16-6-5-7-17-28)35-23-12-14-24-39(35)47-45(29)48-40-25-15-13-20-32(40)36-26-38-37(27-41(36)48)43-33-21-10-8-18-30(33)31-19-9-11-22-34(31)44(43)46(38,2)3/h5-27,29,42H,4H2,1-3H3. The van der Waals surface area contributed by atoms with E-state index in [1.165, 1.54) is 76.7 Å². The molecule has 0 spiro atoms. The van der Waals surface area contributed by atoms with Gasteiger partial charge in [0.05, 0.1) is 16.7 Å². The molecule has 2 heteroatoms. The van der Waals surface area contributed by atoms with E-state index in [0.29, 0.717) is 0 Å². The first-order valence-electron chi connectivity index (χ1n) is 17.3. The summed E-state index contributed by atoms with van der Waals surface area (Å²) in [5, 5.41) is 7.92. The third-order valence-corrected chi connectivity index (χ3v) is 11.4. The molecule has 2 nitrogen and oxygen atoms in total. The maximum Gasteiger partial charge on any atom is 0.118 e. The SMILES string of the molecule is CCC1C(n2c3ccccc3c3cc4c(cc32)-c2c(c3ccccc3c3ccccc23)C4(C)C)=Nc2ccccc2C1c1ccccc1. The molecule has 2 heterocycles. The molecule has 10 rings (SSSR count). The van der Waals surface area contributed by atoms with Gasteiger partial charge < -0.3 is 0 Å². The number of rotatable bonds is 2. The molecule has 2 aliphatic rings. The van der Waals surface area contributed by atoms with Crippen molar-refractivity contribution < 1.29 is 0 Å². The Hall–Kier alpha value is -5.47. The fraction of sp³-hybridized carbons (Fsp3) is 0.152. The molecule has 0 N–H and O–H groups in total. The Bertz CT molecular complexity index is 2640. The van der Waals surface area contributed by atoms with Gasteiger partial charge in [-0.2, -0.15) is 0 Å². The fourth-order valence-corrected chi connectivity index (χ4v) is 9.32. The molecule has 0 bridgehead atoms. The second-order valence-electron chi connectivity index (χ2n) is 14.2. The van der Waals surface area contributed by atoms with E-state index in [9.17, 15) is 0 Å². The topological polar surface area (TPSA) is 17.3 Å². The summed E-state index contributed by atoms with van der Waals surface area (Å²) >= 11 is 0. The zero-order chi connectivity index (χ0) is 32.1. The van der Waals surface area contributed by atoms with Crippen molar-refractivity contribution >= 4 is 54.9 Å². The first-order valence-corrected chi connectivity index (χ1v) is 17.3. The zero-order valence-electron chi connectivity index (χ0n) is 27.5. The summed E-state index contributed by atoms with van der Waals surface area (Å²) < 4.78 is 2.51. The molecule has 2 unspecified atom stereocenters. The van der Waals surface area contributed by atoms with Gasteiger partial charge in [0, 0.05) is 28.0 Å². The highest BCUT2D eigenvalue weighted by Gasteiger charge is 2.40. The van der Waals surface area contributed by atoms with Crippen molar-refractivity contribution in [3.63, 3.8) is 0 Å². The van der Waals surface area contributed by atoms with Crippen molar-refractivity contribution in [1.82, 2.24) is 4.57 Å². The van der Waals surface area contributed by atoms with E-state index in [1.54, 1.807) is 0 Å². The lowest BCUT2D eigenvalue weighted by atomic mass is 9.76. The number of aliphatic imine (C=N–C) groups is 1. The second-order valence-corrected chi connectivity index (χ2v) is 14.2. The van der Waals surface area contributed by atoms with Crippen LogP contribution >= 0.6 is 0 Å². The molecule has 0 amide bonds. The van der Waals surface area contributed by atoms with E-state index in [2.05, 4.69) is 165 Å². The van der Waals surface area contributed by atoms with Crippen LogP contribution in [0.5, 0.6) is 0 Å². The van der Waals surface area contributed by atoms with Gasteiger partial charge in [0.1, 0.15) is 5.84 Å². The van der Waals surface area contributed by atoms with Crippen LogP contribution in [0.4, 0.5) is 5.69 Å². The van der Waals surface area contributed by atoms with Crippen LogP contribution in [0.25, 0.3) is 54.5 Å². The second kappa shape index (κ2) is 10.0. The molecule has 48 heavy (non-hydrogen) atoms. The molecule has 0 saturated carbocycles. The van der Waals surface area contributed by atoms with Gasteiger partial charge >= 0.3 is 0 Å². The maximum absolute atomic E-state index is 5.55. The largest absolute Gasteiger partial charge is 0.297 e. The average Bonchev–Trinajstić information content (AvgIpc) is 3.58. The Kier molecular flexibility index (Phi) is 5.76. The highest BCUT2D eigenvalue weighted by atomic mass is 15.1. The first-order chi connectivity index (χ1) is 23.6. The van der Waals surface area contributed by atoms with Crippen LogP contribution < -0.4 is 0 Å². The summed E-state index contributed by atoms with van der Waals surface area (Å²) in [7, 11) is 0. The third-order valence-electron chi connectivity index (χ3n) is 11.4. The number of fused-ring (bicyclic) bond motifs is 12. The Labute approximate surface area is 281 Å². The summed E-state index contributed by atoms with van der Waals surface area (Å²) in [4.78, 5) is 5.55. The van der Waals surface area contributed by atoms with Gasteiger partial charge in [-0.25, -0.2) is 4.99 Å². The van der Waals surface area contributed by atoms with Crippen LogP contribution in [0.2, 0.25) is 0 Å². The number of para-hydroxylation sites is 2. The van der Waals surface area contributed by atoms with Crippen LogP contribution in [0.1, 0.15) is 55.4 Å². The van der Waals surface area contributed by atoms with Crippen molar-refractivity contribution in [2.75, 3.05) is 0 Å². The van der Waals surface area contributed by atoms with Crippen molar-refractivity contribution in [3.8, 4) is 11.1 Å². The van der Waals surface area contributed by atoms with E-state index < -0.39 is 0 Å². The summed E-state index contributed by atoms with van der Waals surface area (Å²) in [6.07, 6.45) is 0.984. The minimum atomic E-state index is -0.155. The van der Waals surface area contributed by atoms with Gasteiger partial charge in [-0.15, -0.1) is 0 Å². The Morgan fingerprint density at radius 1 is 0.604 bits per heavy atom. The third kappa shape index (κ3) is 3.61. The quantitative estimate of drug-likeness (QED) is 0.172. The van der Waals surface area contributed by atoms with E-state index in [4.69, 9.17) is 4.99 Å². The predicted octanol–water partition coefficient (Wildman–Crippen LogP) is 12.2. The lowest BCUT2D eigenvalue weighted by molar-refractivity contribution is 0.565. The Morgan fingerprint density at radius 2 is 1.23 bits per heavy atom. The van der Waals surface area contributed by atoms with Gasteiger partial charge in [0.15, 0.2) is 0 Å². The van der Waals surface area contributed by atoms with Gasteiger partial charge in [-0.05, 0) is 85.6 Å². The van der Waals surface area contributed by atoms with Crippen LogP contribution in [0.3, 0.4) is 0 Å². The smallest absolute Gasteiger partial charge is 0.118 e. The Balaban J connectivity index is 1.32. The van der Waals surface area contributed by atoms with Crippen molar-refractivity contribution in [2.24, 2.45) is 10.9 Å². The minimum absolute atomic E-state index is 0.155. The highest BCUT2D eigenvalue weighted by molar-refractivity contribution is 6.21. The monoisotopic (exact) mass is 616 g/mol. The van der Waals surface area contributed by atoms with Gasteiger partial charge in [-0.3, -0.25) is 4.57 Å². The fourth-order valence-electron chi connectivity index (χ4n) is 9.32. The molecule has 0 fully saturated rings. The van der Waals surface area contributed by atoms with Crippen LogP contribution in [-0.4, -0.2) is 10.4 Å². The van der Waals surface area contributed by atoms with E-state index in [1.807, 2.05) is 0 Å². The average molecular weight is 617 g/mol. The lowest BCUT2D eigenvalue weighted by Crippen LogP contribution is -2.31. The van der Waals surface area contributed by atoms with E-state index in [0.717, 1.165) is 17.9 Å². The molecule has 1 aliphatic heterocycles.